The third-order valence-corrected chi connectivity index (χ3v) is 4.07. The van der Waals surface area contributed by atoms with Gasteiger partial charge in [-0.3, -0.25) is 4.90 Å². The van der Waals surface area contributed by atoms with E-state index in [-0.39, 0.29) is 0 Å². The second kappa shape index (κ2) is 5.85. The molecule has 0 spiro atoms. The van der Waals surface area contributed by atoms with Gasteiger partial charge < -0.3 is 9.97 Å². The van der Waals surface area contributed by atoms with E-state index in [1.54, 1.807) is 0 Å². The zero-order chi connectivity index (χ0) is 15.6. The van der Waals surface area contributed by atoms with Gasteiger partial charge in [0.05, 0.1) is 35.2 Å². The molecule has 0 unspecified atom stereocenters. The number of aromatic amines is 2. The van der Waals surface area contributed by atoms with E-state index in [2.05, 4.69) is 43.9 Å². The van der Waals surface area contributed by atoms with Crippen molar-refractivity contribution in [2.75, 3.05) is 6.54 Å². The fourth-order valence-corrected chi connectivity index (χ4v) is 2.86. The van der Waals surface area contributed by atoms with Crippen LogP contribution >= 0.6 is 0 Å². The first-order chi connectivity index (χ1) is 11.3. The summed E-state index contributed by atoms with van der Waals surface area (Å²) in [6.45, 7) is 4.66. The molecule has 5 nitrogen and oxygen atoms in total. The first-order valence-electron chi connectivity index (χ1n) is 7.91. The first-order valence-corrected chi connectivity index (χ1v) is 7.91. The molecule has 2 aromatic heterocycles. The molecular formula is C18H19N5. The number of fused-ring (bicyclic) bond motifs is 2. The van der Waals surface area contributed by atoms with Crippen molar-refractivity contribution in [1.29, 1.82) is 0 Å². The van der Waals surface area contributed by atoms with Crippen molar-refractivity contribution in [2.45, 2.75) is 20.0 Å². The summed E-state index contributed by atoms with van der Waals surface area (Å²) in [5.41, 5.74) is 4.20. The van der Waals surface area contributed by atoms with Crippen molar-refractivity contribution in [2.24, 2.45) is 0 Å². The van der Waals surface area contributed by atoms with Gasteiger partial charge in [0.2, 0.25) is 0 Å². The molecule has 0 amide bonds. The molecular weight excluding hydrogens is 286 g/mol. The van der Waals surface area contributed by atoms with Crippen molar-refractivity contribution in [3.63, 3.8) is 0 Å². The summed E-state index contributed by atoms with van der Waals surface area (Å²) in [4.78, 5) is 18.4. The van der Waals surface area contributed by atoms with Gasteiger partial charge in [-0.15, -0.1) is 0 Å². The van der Waals surface area contributed by atoms with Crippen molar-refractivity contribution in [3.05, 3.63) is 60.2 Å². The maximum absolute atomic E-state index is 4.66. The van der Waals surface area contributed by atoms with E-state index in [9.17, 15) is 0 Å². The molecule has 23 heavy (non-hydrogen) atoms. The molecule has 0 atom stereocenters. The highest BCUT2D eigenvalue weighted by Gasteiger charge is 2.11. The summed E-state index contributed by atoms with van der Waals surface area (Å²) in [7, 11) is 0. The summed E-state index contributed by atoms with van der Waals surface area (Å²) in [6.07, 6.45) is 0. The molecule has 0 saturated heterocycles. The van der Waals surface area contributed by atoms with E-state index in [0.29, 0.717) is 0 Å². The third kappa shape index (κ3) is 2.83. The molecule has 0 saturated carbocycles. The molecule has 0 aliphatic heterocycles. The van der Waals surface area contributed by atoms with Crippen LogP contribution in [0.2, 0.25) is 0 Å². The van der Waals surface area contributed by atoms with Crippen LogP contribution in [-0.4, -0.2) is 31.4 Å². The summed E-state index contributed by atoms with van der Waals surface area (Å²) in [5.74, 6) is 1.98. The number of rotatable bonds is 5. The average molecular weight is 305 g/mol. The van der Waals surface area contributed by atoms with Gasteiger partial charge >= 0.3 is 0 Å². The number of para-hydroxylation sites is 4. The average Bonchev–Trinajstić information content (AvgIpc) is 3.16. The lowest BCUT2D eigenvalue weighted by Crippen LogP contribution is -2.23. The third-order valence-electron chi connectivity index (χ3n) is 4.07. The van der Waals surface area contributed by atoms with Gasteiger partial charge in [-0.25, -0.2) is 9.97 Å². The molecule has 116 valence electrons. The quantitative estimate of drug-likeness (QED) is 0.593. The lowest BCUT2D eigenvalue weighted by molar-refractivity contribution is 0.260. The molecule has 0 aliphatic rings. The molecule has 2 aromatic carbocycles. The van der Waals surface area contributed by atoms with E-state index in [4.69, 9.17) is 0 Å². The van der Waals surface area contributed by atoms with Crippen LogP contribution < -0.4 is 0 Å². The maximum Gasteiger partial charge on any atom is 0.121 e. The Balaban J connectivity index is 1.53. The van der Waals surface area contributed by atoms with Gasteiger partial charge in [0.25, 0.3) is 0 Å². The normalized spacial score (nSPS) is 11.7. The Hall–Kier alpha value is -2.66. The standard InChI is InChI=1S/C18H19N5/c1-2-23(11-17-19-13-7-3-4-8-14(13)20-17)12-18-21-15-9-5-6-10-16(15)22-18/h3-10H,2,11-12H2,1H3,(H,19,20)(H,21,22). The molecule has 2 N–H and O–H groups in total. The number of nitrogens with zero attached hydrogens (tertiary/aromatic N) is 3. The molecule has 0 fully saturated rings. The highest BCUT2D eigenvalue weighted by atomic mass is 15.2. The van der Waals surface area contributed by atoms with Crippen molar-refractivity contribution < 1.29 is 0 Å². The number of aromatic nitrogens is 4. The van der Waals surface area contributed by atoms with Crippen LogP contribution in [0, 0.1) is 0 Å². The van der Waals surface area contributed by atoms with Crippen LogP contribution in [0.25, 0.3) is 22.1 Å². The second-order valence-corrected chi connectivity index (χ2v) is 5.70. The smallest absolute Gasteiger partial charge is 0.121 e. The summed E-state index contributed by atoms with van der Waals surface area (Å²) in [5, 5.41) is 0. The molecule has 4 rings (SSSR count). The first kappa shape index (κ1) is 14.0. The van der Waals surface area contributed by atoms with Crippen LogP contribution in [0.4, 0.5) is 0 Å². The molecule has 2 heterocycles. The number of hydrogen-bond donors (Lipinski definition) is 2. The number of H-pyrrole nitrogens is 2. The van der Waals surface area contributed by atoms with Crippen molar-refractivity contribution >= 4 is 22.1 Å². The monoisotopic (exact) mass is 305 g/mol. The Kier molecular flexibility index (Phi) is 3.55. The van der Waals surface area contributed by atoms with Crippen LogP contribution in [0.3, 0.4) is 0 Å². The van der Waals surface area contributed by atoms with E-state index in [1.807, 2.05) is 36.4 Å². The van der Waals surface area contributed by atoms with Crippen LogP contribution in [0.15, 0.2) is 48.5 Å². The van der Waals surface area contributed by atoms with Gasteiger partial charge in [0.1, 0.15) is 11.6 Å². The Morgan fingerprint density at radius 2 is 1.26 bits per heavy atom. The summed E-state index contributed by atoms with van der Waals surface area (Å²) >= 11 is 0. The fraction of sp³-hybridized carbons (Fsp3) is 0.222. The minimum atomic E-state index is 0.780. The largest absolute Gasteiger partial charge is 0.341 e. The van der Waals surface area contributed by atoms with Gasteiger partial charge in [-0.2, -0.15) is 0 Å². The van der Waals surface area contributed by atoms with Crippen LogP contribution in [-0.2, 0) is 13.1 Å². The molecule has 4 aromatic rings. The van der Waals surface area contributed by atoms with E-state index in [0.717, 1.165) is 53.3 Å². The highest BCUT2D eigenvalue weighted by molar-refractivity contribution is 5.75. The molecule has 0 radical (unpaired) electrons. The number of benzene rings is 2. The Morgan fingerprint density at radius 3 is 1.70 bits per heavy atom. The van der Waals surface area contributed by atoms with Crippen LogP contribution in [0.5, 0.6) is 0 Å². The SMILES string of the molecule is CCN(Cc1nc2ccccc2[nH]1)Cc1nc2ccccc2[nH]1. The topological polar surface area (TPSA) is 60.6 Å². The molecule has 5 heteroatoms. The predicted molar refractivity (Wildman–Crippen MR) is 92.0 cm³/mol. The Bertz CT molecular complexity index is 795. The maximum atomic E-state index is 4.66. The number of nitrogens with one attached hydrogen (secondary N) is 2. The van der Waals surface area contributed by atoms with Gasteiger partial charge in [-0.05, 0) is 30.8 Å². The van der Waals surface area contributed by atoms with E-state index < -0.39 is 0 Å². The minimum absolute atomic E-state index is 0.780. The Labute approximate surface area is 134 Å². The van der Waals surface area contributed by atoms with E-state index >= 15 is 0 Å². The fourth-order valence-electron chi connectivity index (χ4n) is 2.86. The Morgan fingerprint density at radius 1 is 0.783 bits per heavy atom. The minimum Gasteiger partial charge on any atom is -0.341 e. The lowest BCUT2D eigenvalue weighted by atomic mass is 10.3. The predicted octanol–water partition coefficient (Wildman–Crippen LogP) is 3.46. The van der Waals surface area contributed by atoms with Gasteiger partial charge in [-0.1, -0.05) is 31.2 Å². The molecule has 0 aliphatic carbocycles. The van der Waals surface area contributed by atoms with Crippen molar-refractivity contribution in [3.8, 4) is 0 Å². The zero-order valence-electron chi connectivity index (χ0n) is 13.1. The number of hydrogen-bond acceptors (Lipinski definition) is 3. The van der Waals surface area contributed by atoms with Crippen molar-refractivity contribution in [1.82, 2.24) is 24.8 Å². The molecule has 0 bridgehead atoms. The zero-order valence-corrected chi connectivity index (χ0v) is 13.1. The van der Waals surface area contributed by atoms with E-state index in [1.165, 1.54) is 0 Å². The lowest BCUT2D eigenvalue weighted by Gasteiger charge is -2.17. The van der Waals surface area contributed by atoms with Gasteiger partial charge in [0, 0.05) is 0 Å². The summed E-state index contributed by atoms with van der Waals surface area (Å²) in [6, 6.07) is 16.3. The highest BCUT2D eigenvalue weighted by Crippen LogP contribution is 2.14. The second-order valence-electron chi connectivity index (χ2n) is 5.70. The number of imidazole rings is 2. The van der Waals surface area contributed by atoms with Crippen LogP contribution in [0.1, 0.15) is 18.6 Å². The summed E-state index contributed by atoms with van der Waals surface area (Å²) < 4.78 is 0. The van der Waals surface area contributed by atoms with Gasteiger partial charge in [0.15, 0.2) is 0 Å².